The van der Waals surface area contributed by atoms with Gasteiger partial charge in [0.1, 0.15) is 5.15 Å². The van der Waals surface area contributed by atoms with Crippen LogP contribution < -0.4 is 0 Å². The normalized spacial score (nSPS) is 13.2. The number of pyridine rings is 2. The first-order chi connectivity index (χ1) is 15.9. The number of nitrogens with zero attached hydrogens (tertiary/aromatic N) is 4. The predicted molar refractivity (Wildman–Crippen MR) is 131 cm³/mol. The van der Waals surface area contributed by atoms with Crippen LogP contribution in [0.3, 0.4) is 0 Å². The van der Waals surface area contributed by atoms with Crippen LogP contribution in [0.15, 0.2) is 79.4 Å². The number of aryl methyl sites for hydroxylation is 2. The van der Waals surface area contributed by atoms with Crippen molar-refractivity contribution < 1.29 is 5.11 Å². The average Bonchev–Trinajstić information content (AvgIpc) is 3.25. The fourth-order valence-corrected chi connectivity index (χ4v) is 4.90. The molecule has 0 aliphatic carbocycles. The van der Waals surface area contributed by atoms with Crippen LogP contribution in [0.1, 0.15) is 22.5 Å². The largest absolute Gasteiger partial charge is 0.374 e. The molecule has 5 nitrogen and oxygen atoms in total. The van der Waals surface area contributed by atoms with Crippen LogP contribution in [0.25, 0.3) is 22.0 Å². The van der Waals surface area contributed by atoms with Gasteiger partial charge in [0, 0.05) is 29.9 Å². The molecule has 0 aliphatic heterocycles. The third-order valence-electron chi connectivity index (χ3n) is 5.86. The van der Waals surface area contributed by atoms with Crippen LogP contribution in [-0.4, -0.2) is 24.6 Å². The summed E-state index contributed by atoms with van der Waals surface area (Å²) in [6, 6.07) is 18.9. The second kappa shape index (κ2) is 8.27. The van der Waals surface area contributed by atoms with Crippen LogP contribution in [-0.2, 0) is 12.6 Å². The summed E-state index contributed by atoms with van der Waals surface area (Å²) in [6.07, 6.45) is 5.02. The first-order valence-corrected chi connectivity index (χ1v) is 11.1. The lowest BCUT2D eigenvalue weighted by molar-refractivity contribution is 0.117. The molecule has 0 saturated carbocycles. The van der Waals surface area contributed by atoms with E-state index in [1.54, 1.807) is 29.4 Å². The Bertz CT molecular complexity index is 1480. The third-order valence-corrected chi connectivity index (χ3v) is 6.53. The van der Waals surface area contributed by atoms with Gasteiger partial charge >= 0.3 is 0 Å². The second-order valence-electron chi connectivity index (χ2n) is 7.98. The molecule has 7 heteroatoms. The van der Waals surface area contributed by atoms with Crippen LogP contribution in [0.4, 0.5) is 0 Å². The summed E-state index contributed by atoms with van der Waals surface area (Å²) in [5, 5.41) is 13.7. The average molecular weight is 475 g/mol. The molecular formula is C26H20Cl2N4O. The molecule has 3 heterocycles. The van der Waals surface area contributed by atoms with Gasteiger partial charge in [0.05, 0.1) is 28.8 Å². The first kappa shape index (κ1) is 21.6. The maximum Gasteiger partial charge on any atom is 0.157 e. The molecule has 0 amide bonds. The lowest BCUT2D eigenvalue weighted by Gasteiger charge is -2.30. The number of hydrogen-bond acceptors (Lipinski definition) is 4. The van der Waals surface area contributed by atoms with E-state index in [1.165, 1.54) is 0 Å². The number of rotatable bonds is 4. The molecule has 1 N–H and O–H groups in total. The van der Waals surface area contributed by atoms with Gasteiger partial charge in [0.15, 0.2) is 5.60 Å². The molecule has 3 aromatic heterocycles. The highest BCUT2D eigenvalue weighted by atomic mass is 35.5. The molecule has 33 heavy (non-hydrogen) atoms. The number of benzene rings is 2. The molecule has 164 valence electrons. The number of fused-ring (bicyclic) bond motifs is 1. The second-order valence-corrected chi connectivity index (χ2v) is 8.71. The lowest BCUT2D eigenvalue weighted by Crippen LogP contribution is -2.31. The van der Waals surface area contributed by atoms with Crippen molar-refractivity contribution in [1.29, 1.82) is 0 Å². The molecule has 1 unspecified atom stereocenters. The Kier molecular flexibility index (Phi) is 5.41. The van der Waals surface area contributed by atoms with Crippen molar-refractivity contribution >= 4 is 34.1 Å². The minimum Gasteiger partial charge on any atom is -0.374 e. The van der Waals surface area contributed by atoms with E-state index in [1.807, 2.05) is 68.6 Å². The van der Waals surface area contributed by atoms with Gasteiger partial charge in [-0.15, -0.1) is 0 Å². The van der Waals surface area contributed by atoms with Gasteiger partial charge < -0.3 is 9.67 Å². The fourth-order valence-electron chi connectivity index (χ4n) is 4.21. The number of halogens is 2. The number of aromatic nitrogens is 4. The zero-order chi connectivity index (χ0) is 23.2. The fraction of sp³-hybridized carbons (Fsp3) is 0.115. The van der Waals surface area contributed by atoms with Crippen LogP contribution in [0.2, 0.25) is 10.2 Å². The summed E-state index contributed by atoms with van der Waals surface area (Å²) < 4.78 is 1.80. The Morgan fingerprint density at radius 1 is 0.970 bits per heavy atom. The number of aliphatic hydroxyl groups is 1. The van der Waals surface area contributed by atoms with Crippen LogP contribution in [0.5, 0.6) is 0 Å². The summed E-state index contributed by atoms with van der Waals surface area (Å²) in [6.45, 7) is 1.89. The first-order valence-electron chi connectivity index (χ1n) is 10.4. The molecule has 0 aliphatic rings. The van der Waals surface area contributed by atoms with E-state index in [9.17, 15) is 5.11 Å². The molecule has 0 saturated heterocycles. The minimum absolute atomic E-state index is 0.332. The van der Waals surface area contributed by atoms with Crippen molar-refractivity contribution in [2.24, 2.45) is 7.05 Å². The molecule has 2 aromatic carbocycles. The van der Waals surface area contributed by atoms with Gasteiger partial charge in [-0.2, -0.15) is 0 Å². The zero-order valence-corrected chi connectivity index (χ0v) is 19.5. The van der Waals surface area contributed by atoms with Gasteiger partial charge in [-0.05, 0) is 47.9 Å². The molecule has 0 fully saturated rings. The van der Waals surface area contributed by atoms with Crippen LogP contribution in [0, 0.1) is 6.92 Å². The monoisotopic (exact) mass is 474 g/mol. The Hall–Kier alpha value is -3.25. The molecule has 5 rings (SSSR count). The maximum atomic E-state index is 12.2. The Balaban J connectivity index is 1.79. The number of hydrogen-bond donors (Lipinski definition) is 1. The molecule has 1 atom stereocenters. The topological polar surface area (TPSA) is 63.8 Å². The number of imidazole rings is 1. The van der Waals surface area contributed by atoms with E-state index >= 15 is 0 Å². The van der Waals surface area contributed by atoms with E-state index in [4.69, 9.17) is 23.2 Å². The quantitative estimate of drug-likeness (QED) is 0.328. The van der Waals surface area contributed by atoms with Crippen molar-refractivity contribution in [1.82, 2.24) is 19.5 Å². The van der Waals surface area contributed by atoms with Crippen molar-refractivity contribution in [2.75, 3.05) is 0 Å². The van der Waals surface area contributed by atoms with Gasteiger partial charge in [-0.3, -0.25) is 4.98 Å². The van der Waals surface area contributed by atoms with E-state index in [0.717, 1.165) is 11.3 Å². The predicted octanol–water partition coefficient (Wildman–Crippen LogP) is 5.93. The molecule has 0 radical (unpaired) electrons. The standard InChI is InChI=1S/C26H20Cl2N4O/c1-16-12-19(10-11-30-16)26(33,22-14-29-15-32(22)2)18-8-9-21-20(13-18)24(27)23(25(28)31-21)17-6-4-3-5-7-17/h3-15,33H,1-2H3. The van der Waals surface area contributed by atoms with Gasteiger partial charge in [0.25, 0.3) is 0 Å². The minimum atomic E-state index is -1.48. The summed E-state index contributed by atoms with van der Waals surface area (Å²) in [5.74, 6) is 0. The van der Waals surface area contributed by atoms with Crippen molar-refractivity contribution in [3.05, 3.63) is 112 Å². The van der Waals surface area contributed by atoms with Gasteiger partial charge in [0.2, 0.25) is 0 Å². The van der Waals surface area contributed by atoms with Crippen molar-refractivity contribution in [3.63, 3.8) is 0 Å². The van der Waals surface area contributed by atoms with E-state index in [2.05, 4.69) is 15.0 Å². The van der Waals surface area contributed by atoms with Gasteiger partial charge in [-0.1, -0.05) is 59.6 Å². The highest BCUT2D eigenvalue weighted by molar-refractivity contribution is 6.42. The van der Waals surface area contributed by atoms with Crippen molar-refractivity contribution in [3.8, 4) is 11.1 Å². The van der Waals surface area contributed by atoms with Crippen molar-refractivity contribution in [2.45, 2.75) is 12.5 Å². The summed E-state index contributed by atoms with van der Waals surface area (Å²) in [4.78, 5) is 13.1. The van der Waals surface area contributed by atoms with E-state index in [-0.39, 0.29) is 0 Å². The Morgan fingerprint density at radius 2 is 1.73 bits per heavy atom. The molecule has 0 bridgehead atoms. The maximum absolute atomic E-state index is 12.2. The highest BCUT2D eigenvalue weighted by Gasteiger charge is 2.37. The van der Waals surface area contributed by atoms with E-state index < -0.39 is 5.60 Å². The molecule has 5 aromatic rings. The molecular weight excluding hydrogens is 455 g/mol. The third kappa shape index (κ3) is 3.59. The van der Waals surface area contributed by atoms with Gasteiger partial charge in [-0.25, -0.2) is 9.97 Å². The Labute approximate surface area is 201 Å². The summed E-state index contributed by atoms with van der Waals surface area (Å²) in [5.41, 5.74) is 3.43. The summed E-state index contributed by atoms with van der Waals surface area (Å²) >= 11 is 13.4. The molecule has 0 spiro atoms. The SMILES string of the molecule is Cc1cc(C(O)(c2ccc3nc(Cl)c(-c4ccccc4)c(Cl)c3c2)c2cncn2C)ccn1. The zero-order valence-electron chi connectivity index (χ0n) is 18.0. The van der Waals surface area contributed by atoms with Crippen LogP contribution >= 0.6 is 23.2 Å². The Morgan fingerprint density at radius 3 is 2.42 bits per heavy atom. The summed E-state index contributed by atoms with van der Waals surface area (Å²) in [7, 11) is 1.85. The highest BCUT2D eigenvalue weighted by Crippen LogP contribution is 2.42. The lowest BCUT2D eigenvalue weighted by atomic mass is 9.83. The smallest absolute Gasteiger partial charge is 0.157 e. The van der Waals surface area contributed by atoms with E-state index in [0.29, 0.717) is 43.5 Å².